The standard InChI is InChI=1S/C17H21N3/c1-17(2,3)13-4-6-14(7-5-13)20-15-10-12-8-9-18-16(12)19-11-15/h4-7,10-11,20H,8-9H2,1-3H3,(H,18,19). The maximum Gasteiger partial charge on any atom is 0.129 e. The minimum atomic E-state index is 0.194. The molecule has 2 heterocycles. The fourth-order valence-corrected chi connectivity index (χ4v) is 2.46. The minimum Gasteiger partial charge on any atom is -0.370 e. The van der Waals surface area contributed by atoms with Crippen molar-refractivity contribution in [2.75, 3.05) is 17.2 Å². The monoisotopic (exact) mass is 267 g/mol. The molecular formula is C17H21N3. The van der Waals surface area contributed by atoms with Gasteiger partial charge in [0.25, 0.3) is 0 Å². The second-order valence-corrected chi connectivity index (χ2v) is 6.36. The van der Waals surface area contributed by atoms with Gasteiger partial charge in [-0.15, -0.1) is 0 Å². The smallest absolute Gasteiger partial charge is 0.129 e. The molecule has 0 spiro atoms. The van der Waals surface area contributed by atoms with Crippen molar-refractivity contribution in [2.45, 2.75) is 32.6 Å². The van der Waals surface area contributed by atoms with Gasteiger partial charge in [0.05, 0.1) is 11.9 Å². The van der Waals surface area contributed by atoms with Crippen LogP contribution in [-0.4, -0.2) is 11.5 Å². The summed E-state index contributed by atoms with van der Waals surface area (Å²) in [6.07, 6.45) is 2.94. The van der Waals surface area contributed by atoms with Crippen LogP contribution in [0, 0.1) is 0 Å². The van der Waals surface area contributed by atoms with E-state index in [1.807, 2.05) is 6.20 Å². The van der Waals surface area contributed by atoms with Crippen LogP contribution in [0.2, 0.25) is 0 Å². The molecule has 20 heavy (non-hydrogen) atoms. The van der Waals surface area contributed by atoms with Gasteiger partial charge < -0.3 is 10.6 Å². The van der Waals surface area contributed by atoms with E-state index in [1.54, 1.807) is 0 Å². The van der Waals surface area contributed by atoms with E-state index in [9.17, 15) is 0 Å². The molecule has 0 saturated carbocycles. The predicted molar refractivity (Wildman–Crippen MR) is 84.9 cm³/mol. The van der Waals surface area contributed by atoms with Gasteiger partial charge in [0.2, 0.25) is 0 Å². The van der Waals surface area contributed by atoms with Crippen LogP contribution in [-0.2, 0) is 11.8 Å². The third kappa shape index (κ3) is 2.62. The van der Waals surface area contributed by atoms with E-state index in [-0.39, 0.29) is 5.41 Å². The Morgan fingerprint density at radius 1 is 1.10 bits per heavy atom. The van der Waals surface area contributed by atoms with Gasteiger partial charge in [0, 0.05) is 12.2 Å². The molecule has 3 rings (SSSR count). The van der Waals surface area contributed by atoms with Crippen molar-refractivity contribution < 1.29 is 0 Å². The molecule has 0 amide bonds. The quantitative estimate of drug-likeness (QED) is 0.860. The zero-order valence-corrected chi connectivity index (χ0v) is 12.3. The molecule has 1 aliphatic heterocycles. The van der Waals surface area contributed by atoms with E-state index in [0.29, 0.717) is 0 Å². The third-order valence-electron chi connectivity index (χ3n) is 3.69. The molecule has 0 atom stereocenters. The number of hydrogen-bond donors (Lipinski definition) is 2. The van der Waals surface area contributed by atoms with Gasteiger partial charge in [0.15, 0.2) is 0 Å². The van der Waals surface area contributed by atoms with Gasteiger partial charge in [0.1, 0.15) is 5.82 Å². The second-order valence-electron chi connectivity index (χ2n) is 6.36. The maximum atomic E-state index is 4.44. The SMILES string of the molecule is CC(C)(C)c1ccc(Nc2cnc3c(c2)CCN3)cc1. The molecule has 2 N–H and O–H groups in total. The van der Waals surface area contributed by atoms with Crippen LogP contribution < -0.4 is 10.6 Å². The van der Waals surface area contributed by atoms with Crippen LogP contribution in [0.1, 0.15) is 31.9 Å². The molecule has 3 heteroatoms. The van der Waals surface area contributed by atoms with Crippen molar-refractivity contribution in [2.24, 2.45) is 0 Å². The van der Waals surface area contributed by atoms with Crippen molar-refractivity contribution in [1.82, 2.24) is 4.98 Å². The Morgan fingerprint density at radius 2 is 1.85 bits per heavy atom. The Hall–Kier alpha value is -2.03. The van der Waals surface area contributed by atoms with Crippen molar-refractivity contribution in [1.29, 1.82) is 0 Å². The van der Waals surface area contributed by atoms with Gasteiger partial charge in [-0.2, -0.15) is 0 Å². The van der Waals surface area contributed by atoms with Crippen molar-refractivity contribution >= 4 is 17.2 Å². The highest BCUT2D eigenvalue weighted by Crippen LogP contribution is 2.27. The van der Waals surface area contributed by atoms with Crippen LogP contribution in [0.4, 0.5) is 17.2 Å². The molecule has 0 unspecified atom stereocenters. The molecule has 0 bridgehead atoms. The normalized spacial score (nSPS) is 13.8. The largest absolute Gasteiger partial charge is 0.370 e. The van der Waals surface area contributed by atoms with Crippen LogP contribution in [0.3, 0.4) is 0 Å². The van der Waals surface area contributed by atoms with Gasteiger partial charge in [-0.3, -0.25) is 0 Å². The first kappa shape index (κ1) is 13.0. The van der Waals surface area contributed by atoms with E-state index in [0.717, 1.165) is 30.2 Å². The molecule has 0 aliphatic carbocycles. The molecule has 0 saturated heterocycles. The number of aromatic nitrogens is 1. The molecule has 0 radical (unpaired) electrons. The van der Waals surface area contributed by atoms with Gasteiger partial charge in [-0.1, -0.05) is 32.9 Å². The Kier molecular flexibility index (Phi) is 3.13. The summed E-state index contributed by atoms with van der Waals surface area (Å²) in [5, 5.41) is 6.70. The van der Waals surface area contributed by atoms with Crippen molar-refractivity contribution in [3.8, 4) is 0 Å². The van der Waals surface area contributed by atoms with Crippen LogP contribution in [0.5, 0.6) is 0 Å². The first-order valence-electron chi connectivity index (χ1n) is 7.13. The van der Waals surface area contributed by atoms with E-state index >= 15 is 0 Å². The first-order valence-corrected chi connectivity index (χ1v) is 7.13. The lowest BCUT2D eigenvalue weighted by molar-refractivity contribution is 0.590. The summed E-state index contributed by atoms with van der Waals surface area (Å²) >= 11 is 0. The van der Waals surface area contributed by atoms with Gasteiger partial charge in [-0.05, 0) is 41.2 Å². The molecule has 3 nitrogen and oxygen atoms in total. The molecule has 1 aliphatic rings. The Bertz CT molecular complexity index is 609. The average Bonchev–Trinajstić information content (AvgIpc) is 2.86. The highest BCUT2D eigenvalue weighted by Gasteiger charge is 2.13. The van der Waals surface area contributed by atoms with Gasteiger partial charge in [-0.25, -0.2) is 4.98 Å². The topological polar surface area (TPSA) is 37.0 Å². The Balaban J connectivity index is 1.78. The first-order chi connectivity index (χ1) is 9.52. The van der Waals surface area contributed by atoms with E-state index in [2.05, 4.69) is 66.7 Å². The zero-order chi connectivity index (χ0) is 14.2. The summed E-state index contributed by atoms with van der Waals surface area (Å²) in [7, 11) is 0. The summed E-state index contributed by atoms with van der Waals surface area (Å²) in [5.41, 5.74) is 4.99. The lowest BCUT2D eigenvalue weighted by Gasteiger charge is -2.19. The lowest BCUT2D eigenvalue weighted by atomic mass is 9.87. The number of hydrogen-bond acceptors (Lipinski definition) is 3. The lowest BCUT2D eigenvalue weighted by Crippen LogP contribution is -2.10. The van der Waals surface area contributed by atoms with Crippen molar-refractivity contribution in [3.63, 3.8) is 0 Å². The summed E-state index contributed by atoms with van der Waals surface area (Å²) in [4.78, 5) is 4.44. The number of rotatable bonds is 2. The highest BCUT2D eigenvalue weighted by atomic mass is 15.0. The molecule has 1 aromatic heterocycles. The van der Waals surface area contributed by atoms with Crippen LogP contribution in [0.15, 0.2) is 36.5 Å². The van der Waals surface area contributed by atoms with Crippen molar-refractivity contribution in [3.05, 3.63) is 47.7 Å². The predicted octanol–water partition coefficient (Wildman–Crippen LogP) is 4.09. The van der Waals surface area contributed by atoms with E-state index in [4.69, 9.17) is 0 Å². The highest BCUT2D eigenvalue weighted by molar-refractivity contribution is 5.63. The summed E-state index contributed by atoms with van der Waals surface area (Å²) in [5.74, 6) is 1.03. The maximum absolute atomic E-state index is 4.44. The number of nitrogens with one attached hydrogen (secondary N) is 2. The number of anilines is 3. The Labute approximate surface area is 120 Å². The number of benzene rings is 1. The summed E-state index contributed by atoms with van der Waals surface area (Å²) in [6.45, 7) is 7.68. The Morgan fingerprint density at radius 3 is 2.55 bits per heavy atom. The fourth-order valence-electron chi connectivity index (χ4n) is 2.46. The number of fused-ring (bicyclic) bond motifs is 1. The minimum absolute atomic E-state index is 0.194. The summed E-state index contributed by atoms with van der Waals surface area (Å²) < 4.78 is 0. The molecule has 2 aromatic rings. The van der Waals surface area contributed by atoms with Gasteiger partial charge >= 0.3 is 0 Å². The average molecular weight is 267 g/mol. The fraction of sp³-hybridized carbons (Fsp3) is 0.353. The van der Waals surface area contributed by atoms with E-state index in [1.165, 1.54) is 11.1 Å². The summed E-state index contributed by atoms with van der Waals surface area (Å²) in [6, 6.07) is 10.8. The molecule has 0 fully saturated rings. The van der Waals surface area contributed by atoms with Crippen LogP contribution >= 0.6 is 0 Å². The second kappa shape index (κ2) is 4.82. The van der Waals surface area contributed by atoms with E-state index < -0.39 is 0 Å². The number of pyridine rings is 1. The molecule has 1 aromatic carbocycles. The third-order valence-corrected chi connectivity index (χ3v) is 3.69. The molecular weight excluding hydrogens is 246 g/mol. The molecule has 104 valence electrons. The number of nitrogens with zero attached hydrogens (tertiary/aromatic N) is 1. The van der Waals surface area contributed by atoms with Crippen LogP contribution in [0.25, 0.3) is 0 Å². The zero-order valence-electron chi connectivity index (χ0n) is 12.3.